The van der Waals surface area contributed by atoms with Crippen LogP contribution in [0.4, 0.5) is 0 Å². The third-order valence-electron chi connectivity index (χ3n) is 4.09. The number of hydrogen-bond donors (Lipinski definition) is 2. The molecule has 1 fully saturated rings. The van der Waals surface area contributed by atoms with Crippen molar-refractivity contribution in [3.05, 3.63) is 41.2 Å². The highest BCUT2D eigenvalue weighted by Crippen LogP contribution is 2.27. The first kappa shape index (κ1) is 14.5. The van der Waals surface area contributed by atoms with E-state index in [0.717, 1.165) is 38.2 Å². The van der Waals surface area contributed by atoms with Gasteiger partial charge in [0, 0.05) is 38.3 Å². The summed E-state index contributed by atoms with van der Waals surface area (Å²) in [6, 6.07) is 3.51. The van der Waals surface area contributed by atoms with Crippen LogP contribution in [-0.2, 0) is 0 Å². The Labute approximate surface area is 129 Å². The highest BCUT2D eigenvalue weighted by Gasteiger charge is 2.24. The van der Waals surface area contributed by atoms with E-state index in [1.54, 1.807) is 18.3 Å². The number of nitrogens with zero attached hydrogens (tertiary/aromatic N) is 2. The normalized spacial score (nSPS) is 20.6. The Bertz CT molecular complexity index is 663. The molecule has 0 saturated carbocycles. The number of amides is 1. The van der Waals surface area contributed by atoms with Crippen molar-refractivity contribution in [2.24, 2.45) is 5.92 Å². The first-order chi connectivity index (χ1) is 10.7. The zero-order chi connectivity index (χ0) is 15.5. The monoisotopic (exact) mass is 294 g/mol. The van der Waals surface area contributed by atoms with E-state index < -0.39 is 0 Å². The smallest absolute Gasteiger partial charge is 0.255 e. The molecule has 1 aromatic rings. The van der Waals surface area contributed by atoms with Gasteiger partial charge in [-0.2, -0.15) is 0 Å². The molecule has 22 heavy (non-hydrogen) atoms. The van der Waals surface area contributed by atoms with Gasteiger partial charge in [-0.05, 0) is 24.1 Å². The van der Waals surface area contributed by atoms with Gasteiger partial charge in [0.25, 0.3) is 5.91 Å². The summed E-state index contributed by atoms with van der Waals surface area (Å²) in [6.07, 6.45) is 9.53. The average Bonchev–Trinajstić information content (AvgIpc) is 2.54. The molecule has 1 unspecified atom stereocenters. The first-order valence-electron chi connectivity index (χ1n) is 7.41. The van der Waals surface area contributed by atoms with Crippen LogP contribution in [0, 0.1) is 23.7 Å². The number of aromatic nitrogens is 1. The molecule has 1 amide bonds. The van der Waals surface area contributed by atoms with Gasteiger partial charge in [-0.3, -0.25) is 9.78 Å². The Balaban J connectivity index is 1.68. The maximum atomic E-state index is 12.3. The van der Waals surface area contributed by atoms with Crippen molar-refractivity contribution >= 4 is 11.6 Å². The molecule has 2 heterocycles. The van der Waals surface area contributed by atoms with E-state index in [1.807, 2.05) is 11.0 Å². The van der Waals surface area contributed by atoms with Crippen LogP contribution in [-0.4, -0.2) is 47.7 Å². The minimum Gasteiger partial charge on any atom is -0.336 e. The lowest BCUT2D eigenvalue weighted by Crippen LogP contribution is -2.46. The number of terminal acetylenes is 1. The molecule has 112 valence electrons. The fraction of sp³-hybridized carbons (Fsp3) is 0.353. The third kappa shape index (κ3) is 2.78. The summed E-state index contributed by atoms with van der Waals surface area (Å²) in [7, 11) is 0. The fourth-order valence-corrected chi connectivity index (χ4v) is 2.66. The van der Waals surface area contributed by atoms with Crippen molar-refractivity contribution in [2.75, 3.05) is 26.2 Å². The van der Waals surface area contributed by atoms with Gasteiger partial charge in [-0.15, -0.1) is 6.42 Å². The molecule has 3 rings (SSSR count). The lowest BCUT2D eigenvalue weighted by atomic mass is 9.82. The Morgan fingerprint density at radius 1 is 1.41 bits per heavy atom. The van der Waals surface area contributed by atoms with Gasteiger partial charge in [0.05, 0.1) is 17.0 Å². The quantitative estimate of drug-likeness (QED) is 0.647. The number of carbonyl (C=O) groups is 1. The minimum absolute atomic E-state index is 0.00485. The van der Waals surface area contributed by atoms with Crippen molar-refractivity contribution in [3.63, 3.8) is 0 Å². The average molecular weight is 294 g/mol. The third-order valence-corrected chi connectivity index (χ3v) is 4.09. The first-order valence-corrected chi connectivity index (χ1v) is 7.41. The number of hydrogen-bond acceptors (Lipinski definition) is 4. The second-order valence-corrected chi connectivity index (χ2v) is 5.53. The Morgan fingerprint density at radius 2 is 2.14 bits per heavy atom. The predicted octanol–water partition coefficient (Wildman–Crippen LogP) is 1.07. The molecular formula is C17H18N4O. The molecule has 2 N–H and O–H groups in total. The highest BCUT2D eigenvalue weighted by atomic mass is 16.2. The number of piperazine rings is 1. The van der Waals surface area contributed by atoms with E-state index in [-0.39, 0.29) is 11.8 Å². The number of pyridine rings is 1. The van der Waals surface area contributed by atoms with E-state index in [2.05, 4.69) is 16.2 Å². The molecule has 0 bridgehead atoms. The van der Waals surface area contributed by atoms with E-state index in [9.17, 15) is 4.79 Å². The summed E-state index contributed by atoms with van der Waals surface area (Å²) in [5.74, 6) is 2.64. The van der Waals surface area contributed by atoms with Crippen LogP contribution in [0.1, 0.15) is 22.5 Å². The molecule has 1 saturated heterocycles. The molecule has 0 aromatic carbocycles. The number of carbonyl (C=O) groups excluding carboxylic acids is 1. The molecule has 1 aromatic heterocycles. The van der Waals surface area contributed by atoms with Gasteiger partial charge in [-0.25, -0.2) is 0 Å². The van der Waals surface area contributed by atoms with Gasteiger partial charge < -0.3 is 15.6 Å². The van der Waals surface area contributed by atoms with Gasteiger partial charge in [-0.1, -0.05) is 12.0 Å². The largest absolute Gasteiger partial charge is 0.336 e. The van der Waals surface area contributed by atoms with Crippen LogP contribution in [0.15, 0.2) is 30.0 Å². The van der Waals surface area contributed by atoms with E-state index >= 15 is 0 Å². The maximum Gasteiger partial charge on any atom is 0.255 e. The van der Waals surface area contributed by atoms with Crippen molar-refractivity contribution in [2.45, 2.75) is 6.42 Å². The van der Waals surface area contributed by atoms with Crippen LogP contribution < -0.4 is 5.32 Å². The maximum absolute atomic E-state index is 12.3. The number of nitrogens with one attached hydrogen (secondary N) is 2. The molecule has 1 aliphatic heterocycles. The van der Waals surface area contributed by atoms with Crippen molar-refractivity contribution in [1.82, 2.24) is 15.2 Å². The van der Waals surface area contributed by atoms with E-state index in [0.29, 0.717) is 17.0 Å². The van der Waals surface area contributed by atoms with Gasteiger partial charge in [0.2, 0.25) is 0 Å². The summed E-state index contributed by atoms with van der Waals surface area (Å²) in [5.41, 5.74) is 2.58. The summed E-state index contributed by atoms with van der Waals surface area (Å²) in [6.45, 7) is 3.09. The van der Waals surface area contributed by atoms with E-state index in [4.69, 9.17) is 11.8 Å². The molecule has 2 aliphatic rings. The predicted molar refractivity (Wildman–Crippen MR) is 84.9 cm³/mol. The van der Waals surface area contributed by atoms with Crippen LogP contribution in [0.5, 0.6) is 0 Å². The van der Waals surface area contributed by atoms with Gasteiger partial charge >= 0.3 is 0 Å². The van der Waals surface area contributed by atoms with E-state index in [1.165, 1.54) is 0 Å². The number of rotatable bonds is 3. The summed E-state index contributed by atoms with van der Waals surface area (Å²) in [4.78, 5) is 18.4. The van der Waals surface area contributed by atoms with Crippen LogP contribution in [0.2, 0.25) is 0 Å². The molecule has 5 nitrogen and oxygen atoms in total. The Kier molecular flexibility index (Phi) is 4.03. The topological polar surface area (TPSA) is 69.1 Å². The van der Waals surface area contributed by atoms with Crippen LogP contribution >= 0.6 is 0 Å². The SMILES string of the molecule is C#CC1=CC(C(=N)c2ccc(C(=O)N3CCNCC3)cn2)C1. The lowest BCUT2D eigenvalue weighted by Gasteiger charge is -2.27. The molecule has 0 radical (unpaired) electrons. The van der Waals surface area contributed by atoms with Crippen LogP contribution in [0.3, 0.4) is 0 Å². The summed E-state index contributed by atoms with van der Waals surface area (Å²) in [5, 5.41) is 11.4. The second kappa shape index (κ2) is 6.12. The van der Waals surface area contributed by atoms with Crippen LogP contribution in [0.25, 0.3) is 0 Å². The fourth-order valence-electron chi connectivity index (χ4n) is 2.66. The highest BCUT2D eigenvalue weighted by molar-refractivity contribution is 6.01. The van der Waals surface area contributed by atoms with Crippen molar-refractivity contribution in [3.8, 4) is 12.3 Å². The molecule has 5 heteroatoms. The minimum atomic E-state index is 0.00485. The summed E-state index contributed by atoms with van der Waals surface area (Å²) < 4.78 is 0. The lowest BCUT2D eigenvalue weighted by molar-refractivity contribution is 0.0735. The zero-order valence-corrected chi connectivity index (χ0v) is 12.3. The molecule has 0 spiro atoms. The zero-order valence-electron chi connectivity index (χ0n) is 12.3. The van der Waals surface area contributed by atoms with Gasteiger partial charge in [0.1, 0.15) is 0 Å². The van der Waals surface area contributed by atoms with Crippen molar-refractivity contribution < 1.29 is 4.79 Å². The standard InChI is InChI=1S/C17H18N4O/c1-2-12-9-14(10-12)16(18)15-4-3-13(11-20-15)17(22)21-7-5-19-6-8-21/h1,3-4,9,11,14,18-19H,5-8,10H2. The van der Waals surface area contributed by atoms with Gasteiger partial charge in [0.15, 0.2) is 0 Å². The Morgan fingerprint density at radius 3 is 2.73 bits per heavy atom. The molecular weight excluding hydrogens is 276 g/mol. The number of allylic oxidation sites excluding steroid dienone is 2. The molecule has 1 aliphatic carbocycles. The summed E-state index contributed by atoms with van der Waals surface area (Å²) >= 11 is 0. The van der Waals surface area contributed by atoms with Crippen molar-refractivity contribution in [1.29, 1.82) is 5.41 Å². The second-order valence-electron chi connectivity index (χ2n) is 5.53. The Hall–Kier alpha value is -2.45. The molecule has 1 atom stereocenters.